The average Bonchev–Trinajstić information content (AvgIpc) is 2.73. The van der Waals surface area contributed by atoms with Crippen molar-refractivity contribution in [3.05, 3.63) is 48.0 Å². The summed E-state index contributed by atoms with van der Waals surface area (Å²) in [5, 5.41) is 0. The van der Waals surface area contributed by atoms with E-state index < -0.39 is 47.5 Å². The second-order valence-corrected chi connectivity index (χ2v) is 8.64. The van der Waals surface area contributed by atoms with Crippen molar-refractivity contribution in [3.8, 4) is 16.9 Å². The minimum Gasteiger partial charge on any atom is -0.474 e. The first-order valence-electron chi connectivity index (χ1n) is 10.2. The number of pyridine rings is 1. The Bertz CT molecular complexity index is 1050. The fraction of sp³-hybridized carbons (Fsp3) is 0.391. The summed E-state index contributed by atoms with van der Waals surface area (Å²) < 4.78 is 36.4. The molecule has 1 aliphatic rings. The molecule has 1 aliphatic heterocycles. The predicted octanol–water partition coefficient (Wildman–Crippen LogP) is 3.44. The van der Waals surface area contributed by atoms with Gasteiger partial charge in [-0.15, -0.1) is 11.8 Å². The molecule has 0 unspecified atom stereocenters. The second kappa shape index (κ2) is 10.7. The van der Waals surface area contributed by atoms with Gasteiger partial charge in [0, 0.05) is 43.8 Å². The van der Waals surface area contributed by atoms with Gasteiger partial charge < -0.3 is 18.9 Å². The molecule has 0 amide bonds. The van der Waals surface area contributed by atoms with Gasteiger partial charge in [0.2, 0.25) is 0 Å². The van der Waals surface area contributed by atoms with Crippen LogP contribution in [0.2, 0.25) is 0 Å². The largest absolute Gasteiger partial charge is 0.474 e. The fourth-order valence-corrected chi connectivity index (χ4v) is 4.65. The average molecular weight is 478 g/mol. The highest BCUT2D eigenvalue weighted by Crippen LogP contribution is 2.35. The van der Waals surface area contributed by atoms with Crippen LogP contribution in [0.3, 0.4) is 0 Å². The Balaban J connectivity index is 1.89. The first kappa shape index (κ1) is 24.5. The lowest BCUT2D eigenvalue weighted by molar-refractivity contribution is -0.186. The summed E-state index contributed by atoms with van der Waals surface area (Å²) in [5.41, 5.74) is 0.960. The quantitative estimate of drug-likeness (QED) is 0.457. The Kier molecular flexibility index (Phi) is 7.91. The molecular weight excluding hydrogens is 453 g/mol. The highest BCUT2D eigenvalue weighted by atomic mass is 32.2. The number of hydrogen-bond donors (Lipinski definition) is 0. The summed E-state index contributed by atoms with van der Waals surface area (Å²) >= 11 is 1.23. The lowest BCUT2D eigenvalue weighted by Gasteiger charge is -2.39. The number of esters is 3. The molecule has 3 rings (SSSR count). The maximum Gasteiger partial charge on any atom is 0.303 e. The van der Waals surface area contributed by atoms with E-state index in [9.17, 15) is 18.8 Å². The summed E-state index contributed by atoms with van der Waals surface area (Å²) in [6.07, 6.45) is 0.00893. The van der Waals surface area contributed by atoms with Crippen molar-refractivity contribution in [2.75, 3.05) is 5.75 Å². The third kappa shape index (κ3) is 6.44. The Morgan fingerprint density at radius 1 is 0.970 bits per heavy atom. The SMILES string of the molecule is CC(=O)O[C@@H]1[C@@H](OC(C)=O)[C@H](OC(C)=O)CS[C@H]1Oc1cncc(-c2cc(C)ccc2F)c1. The van der Waals surface area contributed by atoms with E-state index in [0.29, 0.717) is 16.9 Å². The molecule has 0 spiro atoms. The number of thioether (sulfide) groups is 1. The van der Waals surface area contributed by atoms with E-state index in [4.69, 9.17) is 18.9 Å². The summed E-state index contributed by atoms with van der Waals surface area (Å²) in [6.45, 7) is 5.51. The minimum atomic E-state index is -1.06. The van der Waals surface area contributed by atoms with Crippen LogP contribution in [0.25, 0.3) is 11.1 Å². The smallest absolute Gasteiger partial charge is 0.303 e. The number of carbonyl (C=O) groups excluding carboxylic acids is 3. The van der Waals surface area contributed by atoms with Gasteiger partial charge in [-0.1, -0.05) is 11.6 Å². The Morgan fingerprint density at radius 3 is 2.30 bits per heavy atom. The van der Waals surface area contributed by atoms with Gasteiger partial charge in [-0.2, -0.15) is 0 Å². The Hall–Kier alpha value is -3.14. The molecule has 2 aromatic rings. The maximum absolute atomic E-state index is 14.4. The van der Waals surface area contributed by atoms with Crippen LogP contribution in [0, 0.1) is 12.7 Å². The van der Waals surface area contributed by atoms with Crippen LogP contribution in [-0.2, 0) is 28.6 Å². The molecule has 1 aromatic carbocycles. The molecule has 176 valence electrons. The topological polar surface area (TPSA) is 101 Å². The summed E-state index contributed by atoms with van der Waals surface area (Å²) in [7, 11) is 0. The number of nitrogens with zero attached hydrogens (tertiary/aromatic N) is 1. The van der Waals surface area contributed by atoms with Gasteiger partial charge in [-0.3, -0.25) is 19.4 Å². The molecule has 1 fully saturated rings. The van der Waals surface area contributed by atoms with E-state index in [-0.39, 0.29) is 5.75 Å². The van der Waals surface area contributed by atoms with E-state index >= 15 is 0 Å². The Labute approximate surface area is 194 Å². The molecule has 33 heavy (non-hydrogen) atoms. The molecule has 0 saturated carbocycles. The molecule has 2 heterocycles. The van der Waals surface area contributed by atoms with Crippen molar-refractivity contribution >= 4 is 29.7 Å². The van der Waals surface area contributed by atoms with Crippen LogP contribution >= 0.6 is 11.8 Å². The van der Waals surface area contributed by atoms with E-state index in [1.54, 1.807) is 18.2 Å². The third-order valence-corrected chi connectivity index (χ3v) is 5.92. The van der Waals surface area contributed by atoms with Gasteiger partial charge in [-0.05, 0) is 25.1 Å². The number of hydrogen-bond acceptors (Lipinski definition) is 9. The summed E-state index contributed by atoms with van der Waals surface area (Å²) in [5.74, 6) is -1.67. The lowest BCUT2D eigenvalue weighted by Crippen LogP contribution is -2.55. The van der Waals surface area contributed by atoms with Gasteiger partial charge in [-0.25, -0.2) is 4.39 Å². The third-order valence-electron chi connectivity index (χ3n) is 4.70. The van der Waals surface area contributed by atoms with Crippen LogP contribution in [0.15, 0.2) is 36.7 Å². The van der Waals surface area contributed by atoms with Crippen molar-refractivity contribution in [3.63, 3.8) is 0 Å². The highest BCUT2D eigenvalue weighted by molar-refractivity contribution is 7.99. The number of rotatable bonds is 6. The minimum absolute atomic E-state index is 0.236. The van der Waals surface area contributed by atoms with E-state index in [1.807, 2.05) is 6.92 Å². The molecule has 0 aliphatic carbocycles. The molecule has 0 bridgehead atoms. The highest BCUT2D eigenvalue weighted by Gasteiger charge is 2.47. The van der Waals surface area contributed by atoms with Crippen LogP contribution in [0.4, 0.5) is 4.39 Å². The standard InChI is InChI=1S/C23H24FNO7S/c1-12-5-6-19(24)18(7-12)16-8-17(10-25-9-16)32-23-22(31-15(4)28)21(30-14(3)27)20(11-33-23)29-13(2)26/h5-10,20-23H,11H2,1-4H3/t20-,21+,22-,23-/m1/s1. The number of aryl methyl sites for hydroxylation is 1. The predicted molar refractivity (Wildman–Crippen MR) is 118 cm³/mol. The second-order valence-electron chi connectivity index (χ2n) is 7.51. The van der Waals surface area contributed by atoms with E-state index in [2.05, 4.69) is 4.98 Å². The van der Waals surface area contributed by atoms with Crippen molar-refractivity contribution in [1.29, 1.82) is 0 Å². The van der Waals surface area contributed by atoms with Gasteiger partial charge >= 0.3 is 17.9 Å². The molecule has 1 saturated heterocycles. The maximum atomic E-state index is 14.4. The molecule has 10 heteroatoms. The lowest BCUT2D eigenvalue weighted by atomic mass is 10.0. The van der Waals surface area contributed by atoms with Crippen LogP contribution in [-0.4, -0.2) is 52.4 Å². The number of benzene rings is 1. The first-order valence-corrected chi connectivity index (χ1v) is 11.2. The van der Waals surface area contributed by atoms with Crippen LogP contribution in [0.1, 0.15) is 26.3 Å². The van der Waals surface area contributed by atoms with Gasteiger partial charge in [0.05, 0.1) is 6.20 Å². The normalized spacial score (nSPS) is 22.2. The molecule has 1 aromatic heterocycles. The number of aromatic nitrogens is 1. The summed E-state index contributed by atoms with van der Waals surface area (Å²) in [6, 6.07) is 6.37. The Morgan fingerprint density at radius 2 is 1.64 bits per heavy atom. The van der Waals surface area contributed by atoms with Gasteiger partial charge in [0.1, 0.15) is 11.6 Å². The van der Waals surface area contributed by atoms with Crippen molar-refractivity contribution in [1.82, 2.24) is 4.98 Å². The van der Waals surface area contributed by atoms with E-state index in [0.717, 1.165) is 5.56 Å². The van der Waals surface area contributed by atoms with Gasteiger partial charge in [0.15, 0.2) is 23.7 Å². The molecule has 0 N–H and O–H groups in total. The van der Waals surface area contributed by atoms with Crippen molar-refractivity contribution < 1.29 is 37.7 Å². The fourth-order valence-electron chi connectivity index (χ4n) is 3.44. The number of ether oxygens (including phenoxy) is 4. The zero-order chi connectivity index (χ0) is 24.1. The molecule has 8 nitrogen and oxygen atoms in total. The van der Waals surface area contributed by atoms with E-state index in [1.165, 1.54) is 51.0 Å². The van der Waals surface area contributed by atoms with Crippen molar-refractivity contribution in [2.45, 2.75) is 51.4 Å². The van der Waals surface area contributed by atoms with Crippen LogP contribution in [0.5, 0.6) is 5.75 Å². The van der Waals surface area contributed by atoms with Crippen molar-refractivity contribution in [2.24, 2.45) is 0 Å². The number of halogens is 1. The molecular formula is C23H24FNO7S. The molecule has 0 radical (unpaired) electrons. The first-order chi connectivity index (χ1) is 15.6. The monoisotopic (exact) mass is 477 g/mol. The zero-order valence-corrected chi connectivity index (χ0v) is 19.4. The van der Waals surface area contributed by atoms with Gasteiger partial charge in [0.25, 0.3) is 0 Å². The molecule has 4 atom stereocenters. The summed E-state index contributed by atoms with van der Waals surface area (Å²) in [4.78, 5) is 39.2. The number of carbonyl (C=O) groups is 3. The van der Waals surface area contributed by atoms with Crippen LogP contribution < -0.4 is 4.74 Å². The zero-order valence-electron chi connectivity index (χ0n) is 18.6.